The number of hydrogen-bond acceptors (Lipinski definition) is 7. The Balaban J connectivity index is 1.46. The normalized spacial score (nSPS) is 18.6. The molecule has 6 rings (SSSR count). The summed E-state index contributed by atoms with van der Waals surface area (Å²) in [5.41, 5.74) is 9.53. The molecule has 0 saturated carbocycles. The van der Waals surface area contributed by atoms with E-state index < -0.39 is 12.3 Å². The van der Waals surface area contributed by atoms with Gasteiger partial charge in [0.1, 0.15) is 30.4 Å². The quantitative estimate of drug-likeness (QED) is 0.306. The van der Waals surface area contributed by atoms with Crippen LogP contribution in [0.2, 0.25) is 0 Å². The number of nitrogens with zero attached hydrogens (tertiary/aromatic N) is 1. The number of nitrogen functional groups attached to an aromatic ring is 1. The lowest BCUT2D eigenvalue weighted by atomic mass is 10.0. The van der Waals surface area contributed by atoms with E-state index in [0.717, 1.165) is 33.2 Å². The fraction of sp³-hybridized carbons (Fsp3) is 0.185. The van der Waals surface area contributed by atoms with Crippen LogP contribution in [0.25, 0.3) is 10.8 Å². The third kappa shape index (κ3) is 5.34. The van der Waals surface area contributed by atoms with E-state index in [2.05, 4.69) is 20.9 Å². The number of carbonyl (C=O) groups is 1. The molecular weight excluding hydrogens is 442 g/mol. The van der Waals surface area contributed by atoms with E-state index >= 15 is 0 Å². The summed E-state index contributed by atoms with van der Waals surface area (Å²) >= 11 is 0. The highest BCUT2D eigenvalue weighted by atomic mass is 16.5. The molecule has 0 fully saturated rings. The van der Waals surface area contributed by atoms with Gasteiger partial charge in [-0.3, -0.25) is 10.1 Å². The van der Waals surface area contributed by atoms with Gasteiger partial charge in [0.05, 0.1) is 0 Å². The average molecular weight is 470 g/mol. The number of fused-ring (bicyclic) bond motifs is 10. The zero-order valence-corrected chi connectivity index (χ0v) is 19.1. The zero-order chi connectivity index (χ0) is 24.2. The maximum atomic E-state index is 13.4. The maximum Gasteiger partial charge on any atom is 0.247 e. The number of aliphatic hydroxyl groups excluding tert-OH is 1. The second-order valence-corrected chi connectivity index (χ2v) is 8.52. The van der Waals surface area contributed by atoms with E-state index in [9.17, 15) is 9.90 Å². The fourth-order valence-corrected chi connectivity index (χ4v) is 4.13. The van der Waals surface area contributed by atoms with Gasteiger partial charge in [0.15, 0.2) is 0 Å². The van der Waals surface area contributed by atoms with E-state index in [1.165, 1.54) is 0 Å². The average Bonchev–Trinajstić information content (AvgIpc) is 2.88. The second-order valence-electron chi connectivity index (χ2n) is 8.52. The molecule has 2 aliphatic rings. The van der Waals surface area contributed by atoms with Crippen LogP contribution in [0, 0.1) is 0 Å². The molecule has 1 amide bonds. The summed E-state index contributed by atoms with van der Waals surface area (Å²) in [6.07, 6.45) is 0.859. The van der Waals surface area contributed by atoms with Gasteiger partial charge < -0.3 is 26.2 Å². The van der Waals surface area contributed by atoms with Crippen molar-refractivity contribution in [3.05, 3.63) is 95.7 Å². The zero-order valence-electron chi connectivity index (χ0n) is 19.1. The molecule has 8 heteroatoms. The van der Waals surface area contributed by atoms with Gasteiger partial charge in [-0.25, -0.2) is 4.98 Å². The second kappa shape index (κ2) is 10.0. The summed E-state index contributed by atoms with van der Waals surface area (Å²) in [4.78, 5) is 17.5. The first-order chi connectivity index (χ1) is 17.0. The summed E-state index contributed by atoms with van der Waals surface area (Å²) in [6, 6.07) is 22.2. The fourth-order valence-electron chi connectivity index (χ4n) is 4.13. The number of ether oxygens (including phenoxy) is 1. The molecule has 2 atom stereocenters. The molecule has 0 saturated heterocycles. The van der Waals surface area contributed by atoms with Crippen LogP contribution in [0.15, 0.2) is 79.0 Å². The number of aliphatic hydroxyl groups is 1. The minimum absolute atomic E-state index is 0.107. The van der Waals surface area contributed by atoms with Crippen molar-refractivity contribution >= 4 is 28.2 Å². The Morgan fingerprint density at radius 1 is 1.00 bits per heavy atom. The van der Waals surface area contributed by atoms with Crippen molar-refractivity contribution in [3.8, 4) is 5.75 Å². The minimum atomic E-state index is -0.808. The molecule has 0 spiro atoms. The van der Waals surface area contributed by atoms with Crippen LogP contribution >= 0.6 is 0 Å². The lowest BCUT2D eigenvalue weighted by molar-refractivity contribution is -0.122. The van der Waals surface area contributed by atoms with Crippen molar-refractivity contribution < 1.29 is 14.6 Å². The van der Waals surface area contributed by atoms with Crippen molar-refractivity contribution in [2.75, 3.05) is 17.7 Å². The molecule has 2 unspecified atom stereocenters. The number of amides is 1. The number of benzene rings is 3. The summed E-state index contributed by atoms with van der Waals surface area (Å²) < 4.78 is 5.72. The van der Waals surface area contributed by atoms with E-state index in [-0.39, 0.29) is 12.5 Å². The molecule has 6 N–H and O–H groups in total. The first-order valence-electron chi connectivity index (χ1n) is 11.5. The Labute approximate surface area is 203 Å². The van der Waals surface area contributed by atoms with Gasteiger partial charge >= 0.3 is 0 Å². The molecule has 3 aromatic carbocycles. The predicted octanol–water partition coefficient (Wildman–Crippen LogP) is 3.09. The van der Waals surface area contributed by atoms with Crippen LogP contribution in [0.3, 0.4) is 0 Å². The molecule has 0 aliphatic carbocycles. The molecule has 178 valence electrons. The first kappa shape index (κ1) is 22.6. The van der Waals surface area contributed by atoms with E-state index in [1.54, 1.807) is 18.3 Å². The number of aromatic nitrogens is 1. The van der Waals surface area contributed by atoms with Crippen LogP contribution < -0.4 is 26.4 Å². The standard InChI is InChI=1S/C27H27N5O3/c28-26-23-9-6-21(13-20(23)10-11-29-26)32-25-19-4-7-22(8-5-19)35-16-24(33)30-14-17-2-1-3-18(12-17)15-31-27(25)34/h1-13,24-25,30,32-33H,14-16H2,(H2,28,29)(H,31,34). The summed E-state index contributed by atoms with van der Waals surface area (Å²) in [5.74, 6) is 0.922. The third-order valence-electron chi connectivity index (χ3n) is 5.99. The van der Waals surface area contributed by atoms with Gasteiger partial charge in [0.2, 0.25) is 5.91 Å². The Hall–Kier alpha value is -4.14. The summed E-state index contributed by atoms with van der Waals surface area (Å²) in [5, 5.41) is 21.5. The van der Waals surface area contributed by atoms with Crippen LogP contribution in [-0.4, -0.2) is 28.8 Å². The van der Waals surface area contributed by atoms with Gasteiger partial charge in [-0.15, -0.1) is 0 Å². The van der Waals surface area contributed by atoms with E-state index in [4.69, 9.17) is 10.5 Å². The van der Waals surface area contributed by atoms with Crippen LogP contribution in [0.5, 0.6) is 5.75 Å². The summed E-state index contributed by atoms with van der Waals surface area (Å²) in [6.45, 7) is 0.974. The predicted molar refractivity (Wildman–Crippen MR) is 136 cm³/mol. The van der Waals surface area contributed by atoms with Crippen LogP contribution in [-0.2, 0) is 17.9 Å². The molecule has 3 heterocycles. The highest BCUT2D eigenvalue weighted by Crippen LogP contribution is 2.27. The molecule has 2 aliphatic heterocycles. The third-order valence-corrected chi connectivity index (χ3v) is 5.99. The van der Waals surface area contributed by atoms with E-state index in [1.807, 2.05) is 60.7 Å². The molecule has 4 aromatic rings. The Morgan fingerprint density at radius 2 is 1.80 bits per heavy atom. The number of carbonyl (C=O) groups excluding carboxylic acids is 1. The lowest BCUT2D eigenvalue weighted by Crippen LogP contribution is -2.34. The number of nitrogens with two attached hydrogens (primary N) is 1. The largest absolute Gasteiger partial charge is 0.489 e. The van der Waals surface area contributed by atoms with Crippen LogP contribution in [0.1, 0.15) is 22.7 Å². The number of anilines is 2. The van der Waals surface area contributed by atoms with E-state index in [0.29, 0.717) is 24.7 Å². The van der Waals surface area contributed by atoms with Crippen molar-refractivity contribution in [1.82, 2.24) is 15.6 Å². The SMILES string of the molecule is Nc1nccc2cc(NC3C(=O)NCc4cccc(c4)CNC(O)COc4ccc3cc4)ccc12. The summed E-state index contributed by atoms with van der Waals surface area (Å²) in [7, 11) is 0. The van der Waals surface area contributed by atoms with Crippen molar-refractivity contribution in [2.45, 2.75) is 25.4 Å². The molecule has 8 nitrogen and oxygen atoms in total. The van der Waals surface area contributed by atoms with Crippen molar-refractivity contribution in [2.24, 2.45) is 0 Å². The number of pyridine rings is 1. The molecule has 0 radical (unpaired) electrons. The topological polar surface area (TPSA) is 122 Å². The van der Waals surface area contributed by atoms with Crippen LogP contribution in [0.4, 0.5) is 11.5 Å². The van der Waals surface area contributed by atoms with Crippen molar-refractivity contribution in [1.29, 1.82) is 0 Å². The van der Waals surface area contributed by atoms with Crippen molar-refractivity contribution in [3.63, 3.8) is 0 Å². The molecule has 35 heavy (non-hydrogen) atoms. The number of rotatable bonds is 2. The van der Waals surface area contributed by atoms with Gasteiger partial charge in [-0.2, -0.15) is 0 Å². The molecular formula is C27H27N5O3. The molecule has 1 aromatic heterocycles. The smallest absolute Gasteiger partial charge is 0.247 e. The number of nitrogens with one attached hydrogen (secondary N) is 3. The van der Waals surface area contributed by atoms with Gasteiger partial charge in [-0.1, -0.05) is 36.4 Å². The highest BCUT2D eigenvalue weighted by Gasteiger charge is 2.21. The van der Waals surface area contributed by atoms with Gasteiger partial charge in [0, 0.05) is 30.4 Å². The Morgan fingerprint density at radius 3 is 2.63 bits per heavy atom. The highest BCUT2D eigenvalue weighted by molar-refractivity contribution is 5.94. The first-order valence-corrected chi connectivity index (χ1v) is 11.5. The lowest BCUT2D eigenvalue weighted by Gasteiger charge is -2.21. The Bertz CT molecular complexity index is 1340. The molecule has 4 bridgehead atoms. The van der Waals surface area contributed by atoms with Gasteiger partial charge in [0.25, 0.3) is 0 Å². The minimum Gasteiger partial charge on any atom is -0.489 e. The number of hydrogen-bond donors (Lipinski definition) is 5. The van der Waals surface area contributed by atoms with Gasteiger partial charge in [-0.05, 0) is 58.5 Å². The monoisotopic (exact) mass is 469 g/mol. The maximum absolute atomic E-state index is 13.4. The Kier molecular flexibility index (Phi) is 6.47.